The molecule has 2 heteroatoms. The Morgan fingerprint density at radius 1 is 1.46 bits per heavy atom. The Hall–Kier alpha value is -0.790. The fourth-order valence-corrected chi connectivity index (χ4v) is 1.91. The molecule has 1 aliphatic carbocycles. The molecule has 74 valence electrons. The molecule has 1 unspecified atom stereocenters. The van der Waals surface area contributed by atoms with Gasteiger partial charge in [-0.2, -0.15) is 0 Å². The molecular weight excluding hydrogens is 164 g/mol. The Morgan fingerprint density at radius 3 is 2.54 bits per heavy atom. The van der Waals surface area contributed by atoms with E-state index in [4.69, 9.17) is 5.11 Å². The SMILES string of the molecule is CC1=C(C)C[C@@H](C(C)C(=O)O)CC1. The lowest BCUT2D eigenvalue weighted by molar-refractivity contribution is -0.143. The van der Waals surface area contributed by atoms with Gasteiger partial charge in [0.15, 0.2) is 0 Å². The van der Waals surface area contributed by atoms with Crippen LogP contribution in [0.2, 0.25) is 0 Å². The molecule has 0 saturated carbocycles. The van der Waals surface area contributed by atoms with E-state index in [1.807, 2.05) is 6.92 Å². The van der Waals surface area contributed by atoms with Gasteiger partial charge in [-0.25, -0.2) is 0 Å². The molecule has 0 bridgehead atoms. The Morgan fingerprint density at radius 2 is 2.08 bits per heavy atom. The Kier molecular flexibility index (Phi) is 3.12. The van der Waals surface area contributed by atoms with Crippen LogP contribution in [-0.2, 0) is 4.79 Å². The highest BCUT2D eigenvalue weighted by molar-refractivity contribution is 5.69. The van der Waals surface area contributed by atoms with Crippen LogP contribution in [0.3, 0.4) is 0 Å². The first-order valence-corrected chi connectivity index (χ1v) is 4.90. The van der Waals surface area contributed by atoms with Crippen molar-refractivity contribution in [1.82, 2.24) is 0 Å². The number of carboxylic acids is 1. The van der Waals surface area contributed by atoms with Gasteiger partial charge in [0.25, 0.3) is 0 Å². The molecular formula is C11H18O2. The van der Waals surface area contributed by atoms with Crippen LogP contribution < -0.4 is 0 Å². The molecule has 1 N–H and O–H groups in total. The fraction of sp³-hybridized carbons (Fsp3) is 0.727. The van der Waals surface area contributed by atoms with Crippen molar-refractivity contribution in [3.05, 3.63) is 11.1 Å². The molecule has 0 aromatic rings. The first-order chi connectivity index (χ1) is 6.02. The van der Waals surface area contributed by atoms with Crippen LogP contribution in [-0.4, -0.2) is 11.1 Å². The Bertz CT molecular complexity index is 240. The molecule has 0 spiro atoms. The quantitative estimate of drug-likeness (QED) is 0.667. The molecule has 0 amide bonds. The second-order valence-electron chi connectivity index (χ2n) is 4.19. The van der Waals surface area contributed by atoms with Gasteiger partial charge in [0.05, 0.1) is 5.92 Å². The van der Waals surface area contributed by atoms with Crippen molar-refractivity contribution in [1.29, 1.82) is 0 Å². The van der Waals surface area contributed by atoms with Gasteiger partial charge in [0, 0.05) is 0 Å². The van der Waals surface area contributed by atoms with E-state index in [0.29, 0.717) is 5.92 Å². The third kappa shape index (κ3) is 2.33. The number of carboxylic acid groups (broad SMARTS) is 1. The molecule has 13 heavy (non-hydrogen) atoms. The highest BCUT2D eigenvalue weighted by Gasteiger charge is 2.26. The summed E-state index contributed by atoms with van der Waals surface area (Å²) in [7, 11) is 0. The molecule has 0 fully saturated rings. The van der Waals surface area contributed by atoms with E-state index < -0.39 is 5.97 Å². The minimum absolute atomic E-state index is 0.192. The molecule has 0 radical (unpaired) electrons. The van der Waals surface area contributed by atoms with E-state index in [1.54, 1.807) is 0 Å². The average Bonchev–Trinajstić information content (AvgIpc) is 2.08. The van der Waals surface area contributed by atoms with Gasteiger partial charge in [-0.1, -0.05) is 18.1 Å². The van der Waals surface area contributed by atoms with E-state index >= 15 is 0 Å². The summed E-state index contributed by atoms with van der Waals surface area (Å²) >= 11 is 0. The lowest BCUT2D eigenvalue weighted by Crippen LogP contribution is -2.23. The molecule has 0 aliphatic heterocycles. The first kappa shape index (κ1) is 10.3. The summed E-state index contributed by atoms with van der Waals surface area (Å²) in [5.74, 6) is -0.499. The van der Waals surface area contributed by atoms with Crippen LogP contribution >= 0.6 is 0 Å². The first-order valence-electron chi connectivity index (χ1n) is 4.90. The Balaban J connectivity index is 2.63. The molecule has 0 heterocycles. The summed E-state index contributed by atoms with van der Waals surface area (Å²) < 4.78 is 0. The van der Waals surface area contributed by atoms with E-state index in [1.165, 1.54) is 11.1 Å². The lowest BCUT2D eigenvalue weighted by Gasteiger charge is -2.26. The number of carbonyl (C=O) groups is 1. The Labute approximate surface area is 79.6 Å². The maximum atomic E-state index is 10.8. The van der Waals surface area contributed by atoms with Crippen LogP contribution in [0.5, 0.6) is 0 Å². The lowest BCUT2D eigenvalue weighted by atomic mass is 9.78. The number of hydrogen-bond donors (Lipinski definition) is 1. The third-order valence-corrected chi connectivity index (χ3v) is 3.28. The van der Waals surface area contributed by atoms with Crippen LogP contribution in [0.15, 0.2) is 11.1 Å². The van der Waals surface area contributed by atoms with Crippen LogP contribution in [0.1, 0.15) is 40.0 Å². The molecule has 0 aromatic heterocycles. The van der Waals surface area contributed by atoms with Gasteiger partial charge in [-0.05, 0) is 39.0 Å². The van der Waals surface area contributed by atoms with Crippen molar-refractivity contribution < 1.29 is 9.90 Å². The maximum Gasteiger partial charge on any atom is 0.306 e. The number of aliphatic carboxylic acids is 1. The smallest absolute Gasteiger partial charge is 0.306 e. The van der Waals surface area contributed by atoms with Crippen molar-refractivity contribution in [3.63, 3.8) is 0 Å². The molecule has 1 aliphatic rings. The fourth-order valence-electron chi connectivity index (χ4n) is 1.91. The monoisotopic (exact) mass is 182 g/mol. The van der Waals surface area contributed by atoms with Crippen molar-refractivity contribution in [2.45, 2.75) is 40.0 Å². The summed E-state index contributed by atoms with van der Waals surface area (Å²) in [6, 6.07) is 0. The second-order valence-corrected chi connectivity index (χ2v) is 4.19. The number of rotatable bonds is 2. The van der Waals surface area contributed by atoms with Crippen molar-refractivity contribution in [2.75, 3.05) is 0 Å². The molecule has 0 saturated heterocycles. The van der Waals surface area contributed by atoms with Crippen LogP contribution in [0, 0.1) is 11.8 Å². The van der Waals surface area contributed by atoms with E-state index in [0.717, 1.165) is 19.3 Å². The molecule has 2 atom stereocenters. The molecule has 1 rings (SSSR count). The molecule has 2 nitrogen and oxygen atoms in total. The van der Waals surface area contributed by atoms with E-state index in [9.17, 15) is 4.79 Å². The zero-order valence-electron chi connectivity index (χ0n) is 8.63. The summed E-state index contributed by atoms with van der Waals surface area (Å²) in [4.78, 5) is 10.8. The van der Waals surface area contributed by atoms with E-state index in [-0.39, 0.29) is 5.92 Å². The topological polar surface area (TPSA) is 37.3 Å². The van der Waals surface area contributed by atoms with Gasteiger partial charge < -0.3 is 5.11 Å². The minimum Gasteiger partial charge on any atom is -0.481 e. The number of hydrogen-bond acceptors (Lipinski definition) is 1. The summed E-state index contributed by atoms with van der Waals surface area (Å²) in [5, 5.41) is 8.87. The van der Waals surface area contributed by atoms with Gasteiger partial charge in [-0.3, -0.25) is 4.79 Å². The van der Waals surface area contributed by atoms with Gasteiger partial charge in [-0.15, -0.1) is 0 Å². The van der Waals surface area contributed by atoms with E-state index in [2.05, 4.69) is 13.8 Å². The average molecular weight is 182 g/mol. The summed E-state index contributed by atoms with van der Waals surface area (Å²) in [6.45, 7) is 6.09. The van der Waals surface area contributed by atoms with Crippen molar-refractivity contribution >= 4 is 5.97 Å². The second kappa shape index (κ2) is 3.95. The third-order valence-electron chi connectivity index (χ3n) is 3.28. The minimum atomic E-state index is -0.655. The highest BCUT2D eigenvalue weighted by atomic mass is 16.4. The van der Waals surface area contributed by atoms with Gasteiger partial charge in [0.1, 0.15) is 0 Å². The standard InChI is InChI=1S/C11H18O2/c1-7-4-5-10(6-8(7)2)9(3)11(12)13/h9-10H,4-6H2,1-3H3,(H,12,13)/t9?,10-/m0/s1. The number of allylic oxidation sites excluding steroid dienone is 2. The van der Waals surface area contributed by atoms with Crippen LogP contribution in [0.4, 0.5) is 0 Å². The normalized spacial score (nSPS) is 25.9. The van der Waals surface area contributed by atoms with Gasteiger partial charge >= 0.3 is 5.97 Å². The molecule has 0 aromatic carbocycles. The van der Waals surface area contributed by atoms with Gasteiger partial charge in [0.2, 0.25) is 0 Å². The van der Waals surface area contributed by atoms with Crippen molar-refractivity contribution in [2.24, 2.45) is 11.8 Å². The van der Waals surface area contributed by atoms with Crippen molar-refractivity contribution in [3.8, 4) is 0 Å². The maximum absolute atomic E-state index is 10.8. The zero-order valence-corrected chi connectivity index (χ0v) is 8.63. The largest absolute Gasteiger partial charge is 0.481 e. The van der Waals surface area contributed by atoms with Crippen LogP contribution in [0.25, 0.3) is 0 Å². The highest BCUT2D eigenvalue weighted by Crippen LogP contribution is 2.33. The predicted octanol–water partition coefficient (Wildman–Crippen LogP) is 2.84. The summed E-state index contributed by atoms with van der Waals surface area (Å²) in [5.41, 5.74) is 2.85. The zero-order chi connectivity index (χ0) is 10.0. The summed E-state index contributed by atoms with van der Waals surface area (Å²) in [6.07, 6.45) is 3.09. The predicted molar refractivity (Wildman–Crippen MR) is 52.5 cm³/mol.